The molecule has 0 aromatic rings. The second-order valence-corrected chi connectivity index (χ2v) is 18.6. The number of ether oxygens (including phenoxy) is 3. The average molecular weight is 835 g/mol. The molecule has 1 atom stereocenters. The van der Waals surface area contributed by atoms with Crippen LogP contribution in [0.3, 0.4) is 0 Å². The van der Waals surface area contributed by atoms with E-state index in [1.807, 2.05) is 0 Å². The van der Waals surface area contributed by atoms with Crippen LogP contribution in [0.2, 0.25) is 0 Å². The van der Waals surface area contributed by atoms with E-state index < -0.39 is 6.10 Å². The predicted octanol–water partition coefficient (Wildman–Crippen LogP) is 17.1. The second-order valence-electron chi connectivity index (χ2n) is 18.6. The van der Waals surface area contributed by atoms with Gasteiger partial charge in [-0.05, 0) is 25.2 Å². The summed E-state index contributed by atoms with van der Waals surface area (Å²) in [6.45, 7) is 9.03. The molecule has 0 amide bonds. The van der Waals surface area contributed by atoms with Crippen molar-refractivity contribution in [2.24, 2.45) is 5.92 Å². The van der Waals surface area contributed by atoms with Gasteiger partial charge >= 0.3 is 17.9 Å². The summed E-state index contributed by atoms with van der Waals surface area (Å²) >= 11 is 0. The summed E-state index contributed by atoms with van der Waals surface area (Å²) in [6.07, 6.45) is 49.4. The summed E-state index contributed by atoms with van der Waals surface area (Å²) in [5.74, 6) is 0.00867. The molecule has 0 saturated carbocycles. The molecule has 0 heterocycles. The van der Waals surface area contributed by atoms with Crippen LogP contribution in [0, 0.1) is 5.92 Å². The first-order valence-corrected chi connectivity index (χ1v) is 26.4. The first-order valence-electron chi connectivity index (χ1n) is 26.4. The fourth-order valence-electron chi connectivity index (χ4n) is 8.04. The minimum Gasteiger partial charge on any atom is -0.462 e. The van der Waals surface area contributed by atoms with E-state index in [0.717, 1.165) is 63.7 Å². The number of hydrogen-bond acceptors (Lipinski definition) is 6. The average Bonchev–Trinajstić information content (AvgIpc) is 3.22. The van der Waals surface area contributed by atoms with E-state index in [4.69, 9.17) is 14.2 Å². The molecule has 0 saturated heterocycles. The Morgan fingerprint density at radius 3 is 0.831 bits per heavy atom. The lowest BCUT2D eigenvalue weighted by molar-refractivity contribution is -0.167. The van der Waals surface area contributed by atoms with Crippen molar-refractivity contribution in [1.29, 1.82) is 0 Å². The molecular weight excluding hydrogens is 733 g/mol. The molecule has 0 aliphatic rings. The van der Waals surface area contributed by atoms with Crippen molar-refractivity contribution < 1.29 is 28.6 Å². The lowest BCUT2D eigenvalue weighted by atomic mass is 10.0. The molecule has 0 rings (SSSR count). The number of carbonyl (C=O) groups excluding carboxylic acids is 3. The number of hydrogen-bond donors (Lipinski definition) is 0. The van der Waals surface area contributed by atoms with Gasteiger partial charge in [-0.25, -0.2) is 0 Å². The topological polar surface area (TPSA) is 78.9 Å². The summed E-state index contributed by atoms with van der Waals surface area (Å²) in [5, 5.41) is 0. The van der Waals surface area contributed by atoms with E-state index in [9.17, 15) is 14.4 Å². The van der Waals surface area contributed by atoms with Gasteiger partial charge in [0, 0.05) is 19.3 Å². The fraction of sp³-hybridized carbons (Fsp3) is 0.943. The van der Waals surface area contributed by atoms with Gasteiger partial charge < -0.3 is 14.2 Å². The highest BCUT2D eigenvalue weighted by Crippen LogP contribution is 2.17. The largest absolute Gasteiger partial charge is 0.462 e. The first kappa shape index (κ1) is 57.4. The first-order chi connectivity index (χ1) is 28.9. The lowest BCUT2D eigenvalue weighted by Gasteiger charge is -2.18. The van der Waals surface area contributed by atoms with E-state index in [2.05, 4.69) is 27.7 Å². The molecule has 6 nitrogen and oxygen atoms in total. The lowest BCUT2D eigenvalue weighted by Crippen LogP contribution is -2.30. The van der Waals surface area contributed by atoms with Crippen LogP contribution in [0.4, 0.5) is 0 Å². The van der Waals surface area contributed by atoms with Crippen molar-refractivity contribution in [1.82, 2.24) is 0 Å². The van der Waals surface area contributed by atoms with Crippen LogP contribution in [-0.2, 0) is 28.6 Å². The molecule has 0 unspecified atom stereocenters. The Kier molecular flexibility index (Phi) is 46.2. The van der Waals surface area contributed by atoms with Gasteiger partial charge in [-0.2, -0.15) is 0 Å². The summed E-state index contributed by atoms with van der Waals surface area (Å²) in [7, 11) is 0. The van der Waals surface area contributed by atoms with Crippen LogP contribution < -0.4 is 0 Å². The van der Waals surface area contributed by atoms with Gasteiger partial charge in [-0.1, -0.05) is 259 Å². The molecule has 59 heavy (non-hydrogen) atoms. The monoisotopic (exact) mass is 835 g/mol. The zero-order valence-corrected chi connectivity index (χ0v) is 40.2. The summed E-state index contributed by atoms with van der Waals surface area (Å²) < 4.78 is 16.8. The Morgan fingerprint density at radius 1 is 0.322 bits per heavy atom. The summed E-state index contributed by atoms with van der Waals surface area (Å²) in [5.41, 5.74) is 0. The fourth-order valence-corrected chi connectivity index (χ4v) is 8.04. The summed E-state index contributed by atoms with van der Waals surface area (Å²) in [6, 6.07) is 0. The van der Waals surface area contributed by atoms with Crippen molar-refractivity contribution in [3.63, 3.8) is 0 Å². The van der Waals surface area contributed by atoms with Crippen molar-refractivity contribution in [3.8, 4) is 0 Å². The molecule has 0 fully saturated rings. The van der Waals surface area contributed by atoms with Crippen LogP contribution in [0.5, 0.6) is 0 Å². The van der Waals surface area contributed by atoms with Crippen LogP contribution >= 0.6 is 0 Å². The molecule has 0 bridgehead atoms. The molecule has 0 aliphatic heterocycles. The highest BCUT2D eigenvalue weighted by Gasteiger charge is 2.19. The Balaban J connectivity index is 4.22. The van der Waals surface area contributed by atoms with Gasteiger partial charge in [-0.15, -0.1) is 0 Å². The third kappa shape index (κ3) is 47.3. The number of unbranched alkanes of at least 4 members (excludes halogenated alkanes) is 35. The normalized spacial score (nSPS) is 11.9. The van der Waals surface area contributed by atoms with Crippen LogP contribution in [-0.4, -0.2) is 37.2 Å². The summed E-state index contributed by atoms with van der Waals surface area (Å²) in [4.78, 5) is 37.9. The Morgan fingerprint density at radius 2 is 0.559 bits per heavy atom. The van der Waals surface area contributed by atoms with Crippen LogP contribution in [0.15, 0.2) is 0 Å². The molecule has 6 heteroatoms. The zero-order valence-electron chi connectivity index (χ0n) is 40.2. The van der Waals surface area contributed by atoms with Crippen LogP contribution in [0.25, 0.3) is 0 Å². The third-order valence-corrected chi connectivity index (χ3v) is 12.0. The van der Waals surface area contributed by atoms with Gasteiger partial charge in [0.1, 0.15) is 13.2 Å². The maximum atomic E-state index is 12.7. The van der Waals surface area contributed by atoms with Gasteiger partial charge in [0.15, 0.2) is 6.10 Å². The predicted molar refractivity (Wildman–Crippen MR) is 252 cm³/mol. The van der Waals surface area contributed by atoms with Crippen molar-refractivity contribution in [3.05, 3.63) is 0 Å². The third-order valence-electron chi connectivity index (χ3n) is 12.0. The van der Waals surface area contributed by atoms with Crippen molar-refractivity contribution >= 4 is 17.9 Å². The SMILES string of the molecule is CCCCCCCCCCCCCC(=O)OC[C@H](COC(=O)CCCCCCCCCCCCCCCCCCC(C)C)OC(=O)CCCCCCCCCCCCC. The van der Waals surface area contributed by atoms with Crippen molar-refractivity contribution in [2.75, 3.05) is 13.2 Å². The Bertz CT molecular complexity index is 887. The van der Waals surface area contributed by atoms with Gasteiger partial charge in [-0.3, -0.25) is 14.4 Å². The highest BCUT2D eigenvalue weighted by molar-refractivity contribution is 5.71. The van der Waals surface area contributed by atoms with Gasteiger partial charge in [0.2, 0.25) is 0 Å². The van der Waals surface area contributed by atoms with Crippen molar-refractivity contribution in [2.45, 2.75) is 303 Å². The molecule has 0 aromatic heterocycles. The van der Waals surface area contributed by atoms with Crippen LogP contribution in [0.1, 0.15) is 297 Å². The quantitative estimate of drug-likeness (QED) is 0.0345. The molecule has 0 spiro atoms. The molecule has 0 N–H and O–H groups in total. The van der Waals surface area contributed by atoms with E-state index in [1.54, 1.807) is 0 Å². The molecule has 350 valence electrons. The zero-order chi connectivity index (χ0) is 43.1. The Labute approximate surface area is 368 Å². The smallest absolute Gasteiger partial charge is 0.306 e. The van der Waals surface area contributed by atoms with Gasteiger partial charge in [0.25, 0.3) is 0 Å². The number of carbonyl (C=O) groups is 3. The minimum absolute atomic E-state index is 0.0625. The minimum atomic E-state index is -0.759. The Hall–Kier alpha value is -1.59. The van der Waals surface area contributed by atoms with E-state index in [0.29, 0.717) is 19.3 Å². The molecule has 0 aromatic carbocycles. The van der Waals surface area contributed by atoms with E-state index in [-0.39, 0.29) is 31.1 Å². The molecule has 0 aliphatic carbocycles. The number of rotatable bonds is 48. The number of esters is 3. The second kappa shape index (κ2) is 47.5. The van der Waals surface area contributed by atoms with E-state index >= 15 is 0 Å². The van der Waals surface area contributed by atoms with E-state index in [1.165, 1.54) is 193 Å². The maximum absolute atomic E-state index is 12.7. The highest BCUT2D eigenvalue weighted by atomic mass is 16.6. The van der Waals surface area contributed by atoms with Gasteiger partial charge in [0.05, 0.1) is 0 Å². The molecular formula is C53H102O6. The standard InChI is InChI=1S/C53H102O6/c1-5-7-9-11-13-15-23-28-32-36-40-44-51(54)57-47-50(59-53(56)46-42-38-34-30-24-16-14-12-10-8-6-2)48-58-52(55)45-41-37-33-29-26-22-20-18-17-19-21-25-27-31-35-39-43-49(3)4/h49-50H,5-48H2,1-4H3/t50-/m1/s1. The maximum Gasteiger partial charge on any atom is 0.306 e. The molecule has 0 radical (unpaired) electrons.